The maximum absolute atomic E-state index is 8.21. The van der Waals surface area contributed by atoms with Crippen LogP contribution in [0.2, 0.25) is 41.3 Å². The number of rotatable bonds is 28. The lowest BCUT2D eigenvalue weighted by molar-refractivity contribution is -0.159. The van der Waals surface area contributed by atoms with Crippen molar-refractivity contribution in [2.24, 2.45) is 5.41 Å². The fourth-order valence-electron chi connectivity index (χ4n) is 10.2. The number of thioether (sulfide) groups is 1. The van der Waals surface area contributed by atoms with Crippen LogP contribution in [0.4, 0.5) is 0 Å². The zero-order valence-corrected chi connectivity index (χ0v) is 56.5. The molecule has 0 amide bonds. The molecule has 6 rings (SSSR count). The van der Waals surface area contributed by atoms with Gasteiger partial charge in [-0.3, -0.25) is 0 Å². The van der Waals surface area contributed by atoms with Gasteiger partial charge in [-0.2, -0.15) is 0 Å². The molecule has 0 N–H and O–H groups in total. The molecule has 81 heavy (non-hydrogen) atoms. The lowest BCUT2D eigenvalue weighted by Crippen LogP contribution is -2.66. The molecule has 0 aromatic heterocycles. The highest BCUT2D eigenvalue weighted by Gasteiger charge is 2.53. The predicted octanol–water partition coefficient (Wildman–Crippen LogP) is 16.2. The van der Waals surface area contributed by atoms with Crippen molar-refractivity contribution in [1.82, 2.24) is 0 Å². The molecule has 1 heterocycles. The third-order valence-electron chi connectivity index (χ3n) is 16.8. The second kappa shape index (κ2) is 28.0. The van der Waals surface area contributed by atoms with Crippen LogP contribution in [0.25, 0.3) is 0 Å². The molecule has 1 saturated heterocycles. The van der Waals surface area contributed by atoms with E-state index in [0.29, 0.717) is 19.6 Å². The van der Waals surface area contributed by atoms with Gasteiger partial charge in [-0.1, -0.05) is 204 Å². The van der Waals surface area contributed by atoms with Crippen molar-refractivity contribution in [3.8, 4) is 5.75 Å². The molecule has 0 spiro atoms. The summed E-state index contributed by atoms with van der Waals surface area (Å²) < 4.78 is 64.7. The summed E-state index contributed by atoms with van der Waals surface area (Å²) in [5.41, 5.74) is 2.50. The number of hydrogen-bond donors (Lipinski definition) is 0. The fraction of sp³-hybridized carbons (Fsp3) is 0.529. The lowest BCUT2D eigenvalue weighted by Gasteiger charge is -2.49. The minimum atomic E-state index is -3.10. The van der Waals surface area contributed by atoms with E-state index in [-0.39, 0.29) is 40.7 Å². The second-order valence-electron chi connectivity index (χ2n) is 27.2. The molecular weight excluding hydrogens is 1080 g/mol. The van der Waals surface area contributed by atoms with Crippen molar-refractivity contribution in [1.29, 1.82) is 0 Å². The molecular formula is C68H100O9SSi3. The molecule has 13 heteroatoms. The first-order chi connectivity index (χ1) is 37.9. The van der Waals surface area contributed by atoms with Crippen molar-refractivity contribution in [2.75, 3.05) is 26.3 Å². The molecule has 0 radical (unpaired) electrons. The topological polar surface area (TPSA) is 83.1 Å². The largest absolute Gasteiger partial charge is 0.497 e. The highest BCUT2D eigenvalue weighted by molar-refractivity contribution is 7.99. The summed E-state index contributed by atoms with van der Waals surface area (Å²) in [6.07, 6.45) is -0.318. The molecule has 1 aliphatic heterocycles. The Hall–Kier alpha value is -3.68. The van der Waals surface area contributed by atoms with Crippen molar-refractivity contribution >= 4 is 47.1 Å². The maximum atomic E-state index is 8.21. The van der Waals surface area contributed by atoms with Crippen LogP contribution in [0.5, 0.6) is 5.75 Å². The van der Waals surface area contributed by atoms with Crippen LogP contribution >= 0.6 is 11.8 Å². The van der Waals surface area contributed by atoms with E-state index in [4.69, 9.17) is 41.7 Å². The van der Waals surface area contributed by atoms with Gasteiger partial charge < -0.3 is 41.7 Å². The van der Waals surface area contributed by atoms with E-state index in [9.17, 15) is 0 Å². The monoisotopic (exact) mass is 1180 g/mol. The zero-order valence-electron chi connectivity index (χ0n) is 52.7. The molecule has 0 unspecified atom stereocenters. The summed E-state index contributed by atoms with van der Waals surface area (Å²) in [5.74, 6) is 0.721. The van der Waals surface area contributed by atoms with Crippen LogP contribution < -0.4 is 15.1 Å². The third-order valence-corrected chi connectivity index (χ3v) is 32.3. The Morgan fingerprint density at radius 2 is 1.10 bits per heavy atom. The maximum Gasteiger partial charge on any atom is 0.261 e. The van der Waals surface area contributed by atoms with Gasteiger partial charge in [0.2, 0.25) is 0 Å². The molecule has 5 aromatic carbocycles. The highest BCUT2D eigenvalue weighted by Crippen LogP contribution is 2.47. The van der Waals surface area contributed by atoms with Crippen molar-refractivity contribution in [3.63, 3.8) is 0 Å². The molecule has 9 nitrogen and oxygen atoms in total. The van der Waals surface area contributed by atoms with Crippen molar-refractivity contribution in [2.45, 2.75) is 205 Å². The summed E-state index contributed by atoms with van der Waals surface area (Å²) in [4.78, 5) is 1.19. The molecule has 0 saturated carbocycles. The SMILES string of the molecule is COc1ccc(CO[C@H]([C@@H](O[Si](C)(C)C(C)(C)C)/C(=C/CO[Si](c2ccccc2)(c2ccccc2)C(C)(C)C)[C@H](O[Si](C)(C)C(C)(C)C)[C@@H](C[C@H]2OC(C)(C)O[C@@H]2C)OCOCc2ccccc2)C(C)(C)CSc2ccccc2)cc1. The van der Waals surface area contributed by atoms with Crippen LogP contribution in [0, 0.1) is 5.41 Å². The van der Waals surface area contributed by atoms with Crippen LogP contribution in [0.3, 0.4) is 0 Å². The van der Waals surface area contributed by atoms with Gasteiger partial charge >= 0.3 is 0 Å². The summed E-state index contributed by atoms with van der Waals surface area (Å²) in [7, 11) is -6.87. The Bertz CT molecular complexity index is 2640. The average Bonchev–Trinajstić information content (AvgIpc) is 3.89. The second-order valence-corrected chi connectivity index (χ2v) is 42.1. The Morgan fingerprint density at radius 1 is 0.605 bits per heavy atom. The number of methoxy groups -OCH3 is 1. The Morgan fingerprint density at radius 3 is 1.58 bits per heavy atom. The molecule has 6 atom stereocenters. The van der Waals surface area contributed by atoms with E-state index >= 15 is 0 Å². The molecule has 444 valence electrons. The van der Waals surface area contributed by atoms with Gasteiger partial charge in [0.25, 0.3) is 8.32 Å². The first-order valence-electron chi connectivity index (χ1n) is 29.2. The molecule has 0 bridgehead atoms. The predicted molar refractivity (Wildman–Crippen MR) is 343 cm³/mol. The van der Waals surface area contributed by atoms with Gasteiger partial charge in [-0.25, -0.2) is 0 Å². The normalized spacial score (nSPS) is 18.3. The number of hydrogen-bond acceptors (Lipinski definition) is 10. The van der Waals surface area contributed by atoms with Gasteiger partial charge in [0, 0.05) is 22.5 Å². The minimum Gasteiger partial charge on any atom is -0.497 e. The molecule has 1 fully saturated rings. The minimum absolute atomic E-state index is 0.0124. The summed E-state index contributed by atoms with van der Waals surface area (Å²) >= 11 is 1.84. The van der Waals surface area contributed by atoms with Crippen molar-refractivity contribution < 1.29 is 41.7 Å². The third kappa shape index (κ3) is 17.7. The van der Waals surface area contributed by atoms with Gasteiger partial charge in [-0.05, 0) is 113 Å². The van der Waals surface area contributed by atoms with Gasteiger partial charge in [0.15, 0.2) is 22.4 Å². The Kier molecular flexibility index (Phi) is 23.0. The molecule has 1 aliphatic rings. The fourth-order valence-corrected chi connectivity index (χ4v) is 18.3. The van der Waals surface area contributed by atoms with E-state index in [1.165, 1.54) is 15.3 Å². The van der Waals surface area contributed by atoms with E-state index in [1.807, 2.05) is 55.9 Å². The number of ether oxygens (including phenoxy) is 6. The first-order valence-corrected chi connectivity index (χ1v) is 37.9. The Balaban J connectivity index is 1.68. The van der Waals surface area contributed by atoms with E-state index in [2.05, 4.69) is 231 Å². The lowest BCUT2D eigenvalue weighted by atomic mass is 9.80. The quantitative estimate of drug-likeness (QED) is 0.0159. The standard InChI is InChI=1S/C68H100O9SSi3/c1-51-59(75-68(13,14)74-51)46-60(72-50-70-47-52-32-24-20-25-33-52)61(76-79(16,17)64(2,3)4)58(44-45-73-81(66(8,9)10,56-36-28-22-29-37-56)57-38-30-23-31-39-57)62(77-80(18,19)65(5,6)7)63(71-48-53-40-42-54(69-15)43-41-53)67(11,12)49-78-55-34-26-21-27-35-55/h20-44,51,59-63H,45-50H2,1-19H3/b58-44+/t51-,59-,60-,61+,62+,63-/m1/s1. The number of benzene rings is 5. The van der Waals surface area contributed by atoms with Crippen LogP contribution in [-0.2, 0) is 50.2 Å². The van der Waals surface area contributed by atoms with Crippen LogP contribution in [0.1, 0.15) is 114 Å². The van der Waals surface area contributed by atoms with Gasteiger partial charge in [0.05, 0.1) is 63.6 Å². The Labute approximate surface area is 496 Å². The van der Waals surface area contributed by atoms with Gasteiger partial charge in [0.1, 0.15) is 12.5 Å². The first kappa shape index (κ1) is 66.5. The molecule has 0 aliphatic carbocycles. The summed E-state index contributed by atoms with van der Waals surface area (Å²) in [6, 6.07) is 50.9. The zero-order chi connectivity index (χ0) is 59.5. The van der Waals surface area contributed by atoms with Crippen LogP contribution in [0.15, 0.2) is 162 Å². The summed E-state index contributed by atoms with van der Waals surface area (Å²) in [6.45, 7) is 42.0. The van der Waals surface area contributed by atoms with E-state index in [0.717, 1.165) is 28.2 Å². The summed E-state index contributed by atoms with van der Waals surface area (Å²) in [5, 5.41) is 1.72. The smallest absolute Gasteiger partial charge is 0.261 e. The average molecular weight is 1180 g/mol. The van der Waals surface area contributed by atoms with Gasteiger partial charge in [-0.15, -0.1) is 11.8 Å². The van der Waals surface area contributed by atoms with Crippen LogP contribution in [-0.4, -0.2) is 93.6 Å². The highest BCUT2D eigenvalue weighted by atomic mass is 32.2. The molecule has 5 aromatic rings. The van der Waals surface area contributed by atoms with Crippen molar-refractivity contribution in [3.05, 3.63) is 168 Å². The van der Waals surface area contributed by atoms with E-state index < -0.39 is 60.6 Å². The van der Waals surface area contributed by atoms with E-state index in [1.54, 1.807) is 7.11 Å².